The first-order valence-corrected chi connectivity index (χ1v) is 8.54. The van der Waals surface area contributed by atoms with E-state index in [4.69, 9.17) is 11.6 Å². The highest BCUT2D eigenvalue weighted by molar-refractivity contribution is 6.30. The number of amides is 1. The zero-order valence-electron chi connectivity index (χ0n) is 13.6. The molecule has 1 heterocycles. The third kappa shape index (κ3) is 3.58. The number of nitrogens with zero attached hydrogens (tertiary/aromatic N) is 2. The van der Waals surface area contributed by atoms with Gasteiger partial charge < -0.3 is 5.32 Å². The Morgan fingerprint density at radius 2 is 2.09 bits per heavy atom. The molecular weight excluding hydrogens is 310 g/mol. The minimum atomic E-state index is -0.0264. The molecule has 3 rings (SSSR count). The summed E-state index contributed by atoms with van der Waals surface area (Å²) in [7, 11) is 1.82. The van der Waals surface area contributed by atoms with Gasteiger partial charge in [0, 0.05) is 18.1 Å². The topological polar surface area (TPSA) is 46.9 Å². The summed E-state index contributed by atoms with van der Waals surface area (Å²) in [5, 5.41) is 8.26. The van der Waals surface area contributed by atoms with Gasteiger partial charge in [0.05, 0.1) is 5.69 Å². The second-order valence-corrected chi connectivity index (χ2v) is 6.67. The van der Waals surface area contributed by atoms with E-state index in [9.17, 15) is 4.79 Å². The number of hydrogen-bond donors (Lipinski definition) is 1. The molecule has 0 spiro atoms. The van der Waals surface area contributed by atoms with E-state index in [2.05, 4.69) is 22.5 Å². The van der Waals surface area contributed by atoms with Crippen LogP contribution in [0.5, 0.6) is 0 Å². The molecule has 1 amide bonds. The van der Waals surface area contributed by atoms with Crippen LogP contribution in [0, 0.1) is 0 Å². The molecule has 0 radical (unpaired) electrons. The van der Waals surface area contributed by atoms with Crippen molar-refractivity contribution in [1.29, 1.82) is 0 Å². The van der Waals surface area contributed by atoms with Crippen LogP contribution < -0.4 is 5.32 Å². The largest absolute Gasteiger partial charge is 0.348 e. The van der Waals surface area contributed by atoms with Crippen LogP contribution in [-0.2, 0) is 13.5 Å². The van der Waals surface area contributed by atoms with Gasteiger partial charge in [0.25, 0.3) is 5.91 Å². The van der Waals surface area contributed by atoms with Gasteiger partial charge in [0.2, 0.25) is 0 Å². The van der Waals surface area contributed by atoms with E-state index in [1.807, 2.05) is 32.2 Å². The zero-order valence-corrected chi connectivity index (χ0v) is 14.3. The molecule has 2 aromatic rings. The molecule has 5 heteroatoms. The molecule has 4 nitrogen and oxygen atoms in total. The molecule has 1 aliphatic rings. The first-order valence-electron chi connectivity index (χ1n) is 8.16. The van der Waals surface area contributed by atoms with Gasteiger partial charge >= 0.3 is 0 Å². The molecule has 0 bridgehead atoms. The fourth-order valence-electron chi connectivity index (χ4n) is 3.32. The van der Waals surface area contributed by atoms with Crippen LogP contribution in [0.3, 0.4) is 0 Å². The van der Waals surface area contributed by atoms with Crippen molar-refractivity contribution in [2.45, 2.75) is 44.6 Å². The second kappa shape index (κ2) is 6.75. The summed E-state index contributed by atoms with van der Waals surface area (Å²) in [5.74, 6) is 0.469. The number of hydrogen-bond acceptors (Lipinski definition) is 2. The van der Waals surface area contributed by atoms with Crippen molar-refractivity contribution in [2.24, 2.45) is 7.05 Å². The van der Waals surface area contributed by atoms with Crippen LogP contribution in [-0.4, -0.2) is 21.7 Å². The van der Waals surface area contributed by atoms with Crippen molar-refractivity contribution in [2.75, 3.05) is 0 Å². The van der Waals surface area contributed by atoms with Gasteiger partial charge in [0.15, 0.2) is 0 Å². The number of nitrogens with one attached hydrogen (secondary N) is 1. The molecule has 1 fully saturated rings. The third-order valence-corrected chi connectivity index (χ3v) is 4.89. The monoisotopic (exact) mass is 331 g/mol. The molecule has 1 aromatic carbocycles. The summed E-state index contributed by atoms with van der Waals surface area (Å²) in [5.41, 5.74) is 2.89. The van der Waals surface area contributed by atoms with E-state index in [-0.39, 0.29) is 11.9 Å². The number of carbonyl (C=O) groups excluding carboxylic acids is 1. The first kappa shape index (κ1) is 16.1. The van der Waals surface area contributed by atoms with E-state index in [1.54, 1.807) is 4.68 Å². The van der Waals surface area contributed by atoms with Crippen molar-refractivity contribution in [3.8, 4) is 0 Å². The number of aromatic nitrogens is 2. The fraction of sp³-hybridized carbons (Fsp3) is 0.444. The fourth-order valence-corrected chi connectivity index (χ4v) is 3.45. The molecule has 0 saturated heterocycles. The molecular formula is C18H22ClN3O. The quantitative estimate of drug-likeness (QED) is 0.928. The average Bonchev–Trinajstić information content (AvgIpc) is 3.14. The smallest absolute Gasteiger partial charge is 0.269 e. The molecule has 23 heavy (non-hydrogen) atoms. The molecule has 122 valence electrons. The number of carbonyl (C=O) groups is 1. The van der Waals surface area contributed by atoms with Gasteiger partial charge in [0.1, 0.15) is 5.69 Å². The van der Waals surface area contributed by atoms with E-state index in [0.29, 0.717) is 11.6 Å². The van der Waals surface area contributed by atoms with Crippen molar-refractivity contribution < 1.29 is 4.79 Å². The summed E-state index contributed by atoms with van der Waals surface area (Å²) in [4.78, 5) is 12.4. The van der Waals surface area contributed by atoms with Crippen molar-refractivity contribution in [1.82, 2.24) is 15.1 Å². The van der Waals surface area contributed by atoms with Gasteiger partial charge in [-0.25, -0.2) is 0 Å². The number of rotatable bonds is 4. The Morgan fingerprint density at radius 1 is 1.35 bits per heavy atom. The van der Waals surface area contributed by atoms with Gasteiger partial charge in [-0.2, -0.15) is 5.10 Å². The van der Waals surface area contributed by atoms with Gasteiger partial charge in [-0.15, -0.1) is 0 Å². The molecule has 2 unspecified atom stereocenters. The minimum Gasteiger partial charge on any atom is -0.348 e. The first-order chi connectivity index (χ1) is 11.1. The van der Waals surface area contributed by atoms with Crippen molar-refractivity contribution >= 4 is 17.5 Å². The standard InChI is InChI=1S/C18H22ClN3O/c1-3-15-11-17(22(2)21-15)18(23)20-16-9-6-13(10-16)12-4-7-14(19)8-5-12/h4-5,7-8,11,13,16H,3,6,9-10H2,1-2H3,(H,20,23). The van der Waals surface area contributed by atoms with Crippen LogP contribution in [0.4, 0.5) is 0 Å². The lowest BCUT2D eigenvalue weighted by molar-refractivity contribution is 0.0928. The molecule has 0 aliphatic heterocycles. The summed E-state index contributed by atoms with van der Waals surface area (Å²) < 4.78 is 1.67. The Labute approximate surface area is 141 Å². The van der Waals surface area contributed by atoms with Gasteiger partial charge in [-0.05, 0) is 55.4 Å². The normalized spacial score (nSPS) is 20.7. The lowest BCUT2D eigenvalue weighted by Gasteiger charge is -2.14. The Morgan fingerprint density at radius 3 is 2.74 bits per heavy atom. The Bertz CT molecular complexity index is 693. The highest BCUT2D eigenvalue weighted by Crippen LogP contribution is 2.35. The average molecular weight is 332 g/mol. The highest BCUT2D eigenvalue weighted by Gasteiger charge is 2.28. The maximum absolute atomic E-state index is 12.4. The minimum absolute atomic E-state index is 0.0264. The summed E-state index contributed by atoms with van der Waals surface area (Å²) in [6.07, 6.45) is 3.92. The maximum Gasteiger partial charge on any atom is 0.269 e. The van der Waals surface area contributed by atoms with Crippen LogP contribution >= 0.6 is 11.6 Å². The maximum atomic E-state index is 12.4. The van der Waals surface area contributed by atoms with E-state index in [1.165, 1.54) is 5.56 Å². The lowest BCUT2D eigenvalue weighted by Crippen LogP contribution is -2.34. The molecule has 1 N–H and O–H groups in total. The predicted molar refractivity (Wildman–Crippen MR) is 91.9 cm³/mol. The van der Waals surface area contributed by atoms with Crippen molar-refractivity contribution in [3.63, 3.8) is 0 Å². The Hall–Kier alpha value is -1.81. The molecule has 1 aromatic heterocycles. The van der Waals surface area contributed by atoms with Crippen LogP contribution in [0.1, 0.15) is 53.8 Å². The highest BCUT2D eigenvalue weighted by atomic mass is 35.5. The van der Waals surface area contributed by atoms with Crippen LogP contribution in [0.2, 0.25) is 5.02 Å². The van der Waals surface area contributed by atoms with E-state index >= 15 is 0 Å². The summed E-state index contributed by atoms with van der Waals surface area (Å²) >= 11 is 5.95. The summed E-state index contributed by atoms with van der Waals surface area (Å²) in [6.45, 7) is 2.04. The SMILES string of the molecule is CCc1cc(C(=O)NC2CCC(c3ccc(Cl)cc3)C2)n(C)n1. The second-order valence-electron chi connectivity index (χ2n) is 6.23. The third-order valence-electron chi connectivity index (χ3n) is 4.63. The zero-order chi connectivity index (χ0) is 16.4. The van der Waals surface area contributed by atoms with Gasteiger partial charge in [-0.3, -0.25) is 9.48 Å². The lowest BCUT2D eigenvalue weighted by atomic mass is 9.97. The number of halogens is 1. The van der Waals surface area contributed by atoms with Gasteiger partial charge in [-0.1, -0.05) is 30.7 Å². The van der Waals surface area contributed by atoms with Crippen LogP contribution in [0.15, 0.2) is 30.3 Å². The Kier molecular flexibility index (Phi) is 4.71. The molecule has 1 saturated carbocycles. The number of benzene rings is 1. The molecule has 2 atom stereocenters. The molecule has 1 aliphatic carbocycles. The Balaban J connectivity index is 1.62. The van der Waals surface area contributed by atoms with Crippen LogP contribution in [0.25, 0.3) is 0 Å². The van der Waals surface area contributed by atoms with E-state index in [0.717, 1.165) is 36.4 Å². The van der Waals surface area contributed by atoms with Crippen molar-refractivity contribution in [3.05, 3.63) is 52.3 Å². The van der Waals surface area contributed by atoms with E-state index < -0.39 is 0 Å². The number of aryl methyl sites for hydroxylation is 2. The predicted octanol–water partition coefficient (Wildman–Crippen LogP) is 3.70. The summed E-state index contributed by atoms with van der Waals surface area (Å²) in [6, 6.07) is 10.1.